The number of nitrogens with two attached hydrogens (primary N) is 1. The van der Waals surface area contributed by atoms with Gasteiger partial charge in [0.2, 0.25) is 0 Å². The van der Waals surface area contributed by atoms with Gasteiger partial charge in [0.1, 0.15) is 5.75 Å². The summed E-state index contributed by atoms with van der Waals surface area (Å²) < 4.78 is 42.8. The molecular weight excluding hydrogens is 259 g/mol. The molecule has 0 fully saturated rings. The van der Waals surface area contributed by atoms with Crippen molar-refractivity contribution in [2.24, 2.45) is 5.73 Å². The minimum absolute atomic E-state index is 0.0742. The van der Waals surface area contributed by atoms with E-state index < -0.39 is 23.6 Å². The largest absolute Gasteiger partial charge is 0.496 e. The number of benzene rings is 1. The number of halogens is 4. The molecule has 0 radical (unpaired) electrons. The summed E-state index contributed by atoms with van der Waals surface area (Å²) in [5, 5.41) is 9.39. The van der Waals surface area contributed by atoms with Crippen molar-refractivity contribution < 1.29 is 23.0 Å². The zero-order valence-corrected chi connectivity index (χ0v) is 9.64. The van der Waals surface area contributed by atoms with Crippen molar-refractivity contribution in [3.05, 3.63) is 28.3 Å². The molecule has 0 aliphatic heterocycles. The Morgan fingerprint density at radius 1 is 1.47 bits per heavy atom. The van der Waals surface area contributed by atoms with E-state index in [0.717, 1.165) is 13.2 Å². The lowest BCUT2D eigenvalue weighted by Crippen LogP contribution is -2.15. The third kappa shape index (κ3) is 3.02. The van der Waals surface area contributed by atoms with Crippen LogP contribution in [-0.2, 0) is 6.18 Å². The van der Waals surface area contributed by atoms with Crippen LogP contribution in [0.3, 0.4) is 0 Å². The topological polar surface area (TPSA) is 55.5 Å². The van der Waals surface area contributed by atoms with Crippen molar-refractivity contribution in [1.29, 1.82) is 0 Å². The number of methoxy groups -OCH3 is 1. The highest BCUT2D eigenvalue weighted by atomic mass is 35.5. The molecule has 1 unspecified atom stereocenters. The summed E-state index contributed by atoms with van der Waals surface area (Å²) in [6.07, 6.45) is -5.87. The van der Waals surface area contributed by atoms with Crippen LogP contribution in [0.2, 0.25) is 5.02 Å². The highest BCUT2D eigenvalue weighted by Crippen LogP contribution is 2.41. The molecule has 0 aliphatic carbocycles. The molecule has 96 valence electrons. The molecule has 3 N–H and O–H groups in total. The van der Waals surface area contributed by atoms with E-state index in [-0.39, 0.29) is 17.1 Å². The average molecular weight is 270 g/mol. The van der Waals surface area contributed by atoms with E-state index in [9.17, 15) is 18.3 Å². The SMILES string of the molecule is COc1c(C(O)CN)cc(Cl)cc1C(F)(F)F. The lowest BCUT2D eigenvalue weighted by Gasteiger charge is -2.18. The van der Waals surface area contributed by atoms with Gasteiger partial charge in [0.25, 0.3) is 0 Å². The molecule has 1 atom stereocenters. The minimum Gasteiger partial charge on any atom is -0.496 e. The number of aliphatic hydroxyl groups excluding tert-OH is 1. The number of rotatable bonds is 3. The predicted molar refractivity (Wildman–Crippen MR) is 57.0 cm³/mol. The maximum atomic E-state index is 12.7. The van der Waals surface area contributed by atoms with E-state index in [1.54, 1.807) is 0 Å². The van der Waals surface area contributed by atoms with Crippen LogP contribution in [0.1, 0.15) is 17.2 Å². The van der Waals surface area contributed by atoms with Crippen LogP contribution in [0.4, 0.5) is 13.2 Å². The van der Waals surface area contributed by atoms with Crippen molar-refractivity contribution in [2.45, 2.75) is 12.3 Å². The number of hydrogen-bond acceptors (Lipinski definition) is 3. The Kier molecular flexibility index (Phi) is 4.24. The standard InChI is InChI=1S/C10H11ClF3NO2/c1-17-9-6(8(16)4-15)2-5(11)3-7(9)10(12,13)14/h2-3,8,16H,4,15H2,1H3. The van der Waals surface area contributed by atoms with Crippen LogP contribution in [0, 0.1) is 0 Å². The Morgan fingerprint density at radius 3 is 2.47 bits per heavy atom. The normalized spacial score (nSPS) is 13.6. The fourth-order valence-corrected chi connectivity index (χ4v) is 1.65. The molecule has 1 aromatic carbocycles. The molecule has 0 bridgehead atoms. The fraction of sp³-hybridized carbons (Fsp3) is 0.400. The van der Waals surface area contributed by atoms with Gasteiger partial charge < -0.3 is 15.6 Å². The van der Waals surface area contributed by atoms with Crippen molar-refractivity contribution in [2.75, 3.05) is 13.7 Å². The zero-order chi connectivity index (χ0) is 13.2. The predicted octanol–water partition coefficient (Wildman–Crippen LogP) is 2.36. The van der Waals surface area contributed by atoms with Crippen LogP contribution in [-0.4, -0.2) is 18.8 Å². The molecule has 0 aromatic heterocycles. The quantitative estimate of drug-likeness (QED) is 0.886. The number of hydrogen-bond donors (Lipinski definition) is 2. The van der Waals surface area contributed by atoms with Gasteiger partial charge in [0.15, 0.2) is 0 Å². The highest BCUT2D eigenvalue weighted by molar-refractivity contribution is 6.30. The molecule has 7 heteroatoms. The van der Waals surface area contributed by atoms with Gasteiger partial charge in [0, 0.05) is 17.1 Å². The lowest BCUT2D eigenvalue weighted by molar-refractivity contribution is -0.138. The first-order valence-electron chi connectivity index (χ1n) is 4.64. The smallest absolute Gasteiger partial charge is 0.420 e. The molecule has 0 heterocycles. The van der Waals surface area contributed by atoms with Gasteiger partial charge in [-0.1, -0.05) is 11.6 Å². The van der Waals surface area contributed by atoms with E-state index in [2.05, 4.69) is 4.74 Å². The first-order chi connectivity index (χ1) is 7.81. The molecule has 1 rings (SSSR count). The van der Waals surface area contributed by atoms with E-state index >= 15 is 0 Å². The third-order valence-corrected chi connectivity index (χ3v) is 2.39. The van der Waals surface area contributed by atoms with Crippen molar-refractivity contribution in [3.8, 4) is 5.75 Å². The Balaban J connectivity index is 3.46. The Morgan fingerprint density at radius 2 is 2.06 bits per heavy atom. The summed E-state index contributed by atoms with van der Waals surface area (Å²) in [6, 6.07) is 1.94. The monoisotopic (exact) mass is 269 g/mol. The number of ether oxygens (including phenoxy) is 1. The molecular formula is C10H11ClF3NO2. The molecule has 1 aromatic rings. The van der Waals surface area contributed by atoms with Crippen LogP contribution < -0.4 is 10.5 Å². The second-order valence-corrected chi connectivity index (χ2v) is 3.76. The number of aliphatic hydroxyl groups is 1. The van der Waals surface area contributed by atoms with Crippen LogP contribution in [0.5, 0.6) is 5.75 Å². The van der Waals surface area contributed by atoms with Gasteiger partial charge in [-0.2, -0.15) is 13.2 Å². The summed E-state index contributed by atoms with van der Waals surface area (Å²) in [6.45, 7) is -0.228. The molecule has 17 heavy (non-hydrogen) atoms. The summed E-state index contributed by atoms with van der Waals surface area (Å²) in [7, 11) is 1.09. The van der Waals surface area contributed by atoms with Gasteiger partial charge in [-0.15, -0.1) is 0 Å². The van der Waals surface area contributed by atoms with Crippen molar-refractivity contribution in [3.63, 3.8) is 0 Å². The first-order valence-corrected chi connectivity index (χ1v) is 5.01. The summed E-state index contributed by atoms with van der Waals surface area (Å²) >= 11 is 5.58. The van der Waals surface area contributed by atoms with E-state index in [4.69, 9.17) is 17.3 Å². The first kappa shape index (κ1) is 14.1. The molecule has 0 spiro atoms. The number of alkyl halides is 3. The minimum atomic E-state index is -4.61. The fourth-order valence-electron chi connectivity index (χ4n) is 1.43. The second-order valence-electron chi connectivity index (χ2n) is 3.33. The van der Waals surface area contributed by atoms with Crippen molar-refractivity contribution >= 4 is 11.6 Å². The van der Waals surface area contributed by atoms with Gasteiger partial charge >= 0.3 is 6.18 Å². The summed E-state index contributed by atoms with van der Waals surface area (Å²) in [5.74, 6) is -0.458. The maximum Gasteiger partial charge on any atom is 0.420 e. The second kappa shape index (κ2) is 5.12. The third-order valence-electron chi connectivity index (χ3n) is 2.17. The average Bonchev–Trinajstić information content (AvgIpc) is 2.25. The summed E-state index contributed by atoms with van der Waals surface area (Å²) in [5.41, 5.74) is 4.10. The Labute approximate surface area is 101 Å². The summed E-state index contributed by atoms with van der Waals surface area (Å²) in [4.78, 5) is 0. The van der Waals surface area contributed by atoms with E-state index in [0.29, 0.717) is 0 Å². The van der Waals surface area contributed by atoms with Gasteiger partial charge in [0.05, 0.1) is 18.8 Å². The van der Waals surface area contributed by atoms with E-state index in [1.165, 1.54) is 6.07 Å². The van der Waals surface area contributed by atoms with Crippen LogP contribution in [0.15, 0.2) is 12.1 Å². The molecule has 0 saturated carbocycles. The Hall–Kier alpha value is -0.980. The van der Waals surface area contributed by atoms with Crippen molar-refractivity contribution in [1.82, 2.24) is 0 Å². The molecule has 0 aliphatic rings. The van der Waals surface area contributed by atoms with Gasteiger partial charge in [-0.05, 0) is 12.1 Å². The maximum absolute atomic E-state index is 12.7. The Bertz CT molecular complexity index is 409. The molecule has 0 saturated heterocycles. The van der Waals surface area contributed by atoms with Gasteiger partial charge in [-0.3, -0.25) is 0 Å². The molecule has 0 amide bonds. The molecule has 3 nitrogen and oxygen atoms in total. The van der Waals surface area contributed by atoms with Crippen LogP contribution in [0.25, 0.3) is 0 Å². The zero-order valence-electron chi connectivity index (χ0n) is 8.88. The van der Waals surface area contributed by atoms with Crippen LogP contribution >= 0.6 is 11.6 Å². The lowest BCUT2D eigenvalue weighted by atomic mass is 10.0. The van der Waals surface area contributed by atoms with Gasteiger partial charge in [-0.25, -0.2) is 0 Å². The highest BCUT2D eigenvalue weighted by Gasteiger charge is 2.36. The van der Waals surface area contributed by atoms with E-state index in [1.807, 2.05) is 0 Å².